The molecule has 174 valence electrons. The molecule has 3 unspecified atom stereocenters. The summed E-state index contributed by atoms with van der Waals surface area (Å²) in [6.45, 7) is 1.68. The van der Waals surface area contributed by atoms with Crippen LogP contribution in [0.25, 0.3) is 21.8 Å². The number of amides is 1. The minimum atomic E-state index is -0.658. The number of aromatic nitrogens is 2. The summed E-state index contributed by atoms with van der Waals surface area (Å²) in [6.07, 6.45) is 2.97. The first-order chi connectivity index (χ1) is 16.4. The average Bonchev–Trinajstić information content (AvgIpc) is 3.25. The molecular weight excluding hydrogens is 432 g/mol. The number of aryl methyl sites for hydroxylation is 1. The molecule has 1 fully saturated rings. The van der Waals surface area contributed by atoms with Crippen molar-refractivity contribution in [1.29, 1.82) is 0 Å². The molecule has 2 aromatic carbocycles. The third-order valence-electron chi connectivity index (χ3n) is 7.02. The zero-order valence-corrected chi connectivity index (χ0v) is 18.9. The van der Waals surface area contributed by atoms with Gasteiger partial charge in [-0.05, 0) is 44.2 Å². The molecule has 3 atom stereocenters. The Bertz CT molecular complexity index is 1470. The molecule has 8 nitrogen and oxygen atoms in total. The molecule has 34 heavy (non-hydrogen) atoms. The van der Waals surface area contributed by atoms with Crippen LogP contribution in [0, 0.1) is 12.8 Å². The van der Waals surface area contributed by atoms with Crippen molar-refractivity contribution in [3.63, 3.8) is 0 Å². The van der Waals surface area contributed by atoms with Crippen molar-refractivity contribution >= 4 is 33.5 Å². The van der Waals surface area contributed by atoms with Crippen LogP contribution in [0.5, 0.6) is 0 Å². The summed E-state index contributed by atoms with van der Waals surface area (Å²) in [7, 11) is 0. The number of nitrogens with zero attached hydrogens (tertiary/aromatic N) is 2. The van der Waals surface area contributed by atoms with Gasteiger partial charge in [0.25, 0.3) is 5.56 Å². The Hall–Kier alpha value is -3.78. The fraction of sp³-hybridized carbons (Fsp3) is 0.308. The van der Waals surface area contributed by atoms with Crippen LogP contribution in [0.3, 0.4) is 0 Å². The standard InChI is InChI=1S/C26H26N4O4/c1-14-20-23(29-34-14)21-18(25(28)32)11-6-12-19(21)30(26(20)33)17-10-5-9-16(13-17)22(27)24(31)15-7-3-2-4-8-15/h2-4,6-8,11-12,16-17,22H,5,9-10,13,27H2,1H3,(H2,28,32). The molecule has 0 bridgehead atoms. The van der Waals surface area contributed by atoms with Crippen LogP contribution < -0.4 is 17.0 Å². The maximum atomic E-state index is 13.7. The number of nitrogens with two attached hydrogens (primary N) is 2. The van der Waals surface area contributed by atoms with Gasteiger partial charge < -0.3 is 20.6 Å². The Morgan fingerprint density at radius 2 is 1.85 bits per heavy atom. The van der Waals surface area contributed by atoms with E-state index in [2.05, 4.69) is 5.16 Å². The number of rotatable bonds is 5. The predicted octanol–water partition coefficient (Wildman–Crippen LogP) is 3.49. The highest BCUT2D eigenvalue weighted by molar-refractivity contribution is 6.15. The predicted molar refractivity (Wildman–Crippen MR) is 129 cm³/mol. The van der Waals surface area contributed by atoms with Crippen LogP contribution in [0.2, 0.25) is 0 Å². The van der Waals surface area contributed by atoms with Gasteiger partial charge in [0.1, 0.15) is 16.7 Å². The quantitative estimate of drug-likeness (QED) is 0.440. The molecule has 4 N–H and O–H groups in total. The molecule has 1 aliphatic carbocycles. The van der Waals surface area contributed by atoms with Crippen molar-refractivity contribution in [1.82, 2.24) is 9.72 Å². The second-order valence-corrected chi connectivity index (χ2v) is 9.04. The van der Waals surface area contributed by atoms with Crippen molar-refractivity contribution in [2.24, 2.45) is 17.4 Å². The number of primary amides is 1. The van der Waals surface area contributed by atoms with Crippen LogP contribution >= 0.6 is 0 Å². The summed E-state index contributed by atoms with van der Waals surface area (Å²) in [5.41, 5.74) is 13.7. The number of carbonyl (C=O) groups excluding carboxylic acids is 2. The van der Waals surface area contributed by atoms with Gasteiger partial charge in [-0.2, -0.15) is 0 Å². The van der Waals surface area contributed by atoms with E-state index in [1.54, 1.807) is 41.8 Å². The van der Waals surface area contributed by atoms with Crippen molar-refractivity contribution in [3.05, 3.63) is 75.8 Å². The first-order valence-corrected chi connectivity index (χ1v) is 11.5. The monoisotopic (exact) mass is 458 g/mol. The van der Waals surface area contributed by atoms with Gasteiger partial charge >= 0.3 is 0 Å². The third-order valence-corrected chi connectivity index (χ3v) is 7.02. The Kier molecular flexibility index (Phi) is 5.53. The molecule has 4 aromatic rings. The molecule has 0 saturated heterocycles. The Morgan fingerprint density at radius 1 is 1.09 bits per heavy atom. The average molecular weight is 459 g/mol. The van der Waals surface area contributed by atoms with E-state index in [0.29, 0.717) is 39.6 Å². The maximum Gasteiger partial charge on any atom is 0.264 e. The number of benzene rings is 2. The molecule has 0 radical (unpaired) electrons. The van der Waals surface area contributed by atoms with Gasteiger partial charge in [0.05, 0.1) is 17.1 Å². The summed E-state index contributed by atoms with van der Waals surface area (Å²) in [5.74, 6) is -0.384. The summed E-state index contributed by atoms with van der Waals surface area (Å²) >= 11 is 0. The Balaban J connectivity index is 1.61. The van der Waals surface area contributed by atoms with E-state index in [1.165, 1.54) is 0 Å². The van der Waals surface area contributed by atoms with Crippen LogP contribution in [-0.2, 0) is 0 Å². The molecule has 1 aliphatic rings. The fourth-order valence-corrected chi connectivity index (χ4v) is 5.35. The van der Waals surface area contributed by atoms with Crippen LogP contribution in [0.4, 0.5) is 0 Å². The minimum Gasteiger partial charge on any atom is -0.366 e. The number of fused-ring (bicyclic) bond motifs is 3. The van der Waals surface area contributed by atoms with Crippen LogP contribution in [0.1, 0.15) is 58.2 Å². The fourth-order valence-electron chi connectivity index (χ4n) is 5.35. The number of carbonyl (C=O) groups is 2. The molecule has 2 aromatic heterocycles. The Labute approximate surface area is 195 Å². The first kappa shape index (κ1) is 22.0. The van der Waals surface area contributed by atoms with E-state index in [4.69, 9.17) is 16.0 Å². The lowest BCUT2D eigenvalue weighted by Crippen LogP contribution is -2.41. The van der Waals surface area contributed by atoms with E-state index in [-0.39, 0.29) is 28.9 Å². The van der Waals surface area contributed by atoms with Gasteiger partial charge in [0.15, 0.2) is 5.78 Å². The highest BCUT2D eigenvalue weighted by atomic mass is 16.5. The number of hydrogen-bond acceptors (Lipinski definition) is 6. The van der Waals surface area contributed by atoms with E-state index >= 15 is 0 Å². The number of pyridine rings is 1. The van der Waals surface area contributed by atoms with Gasteiger partial charge in [-0.25, -0.2) is 0 Å². The number of hydrogen-bond donors (Lipinski definition) is 2. The summed E-state index contributed by atoms with van der Waals surface area (Å²) in [6, 6.07) is 13.3. The smallest absolute Gasteiger partial charge is 0.264 e. The van der Waals surface area contributed by atoms with E-state index < -0.39 is 11.9 Å². The zero-order valence-electron chi connectivity index (χ0n) is 18.9. The Morgan fingerprint density at radius 3 is 2.59 bits per heavy atom. The molecule has 1 amide bonds. The lowest BCUT2D eigenvalue weighted by Gasteiger charge is -2.34. The van der Waals surface area contributed by atoms with Gasteiger partial charge in [-0.3, -0.25) is 14.4 Å². The zero-order chi connectivity index (χ0) is 24.0. The van der Waals surface area contributed by atoms with Gasteiger partial charge in [-0.1, -0.05) is 48.0 Å². The maximum absolute atomic E-state index is 13.7. The summed E-state index contributed by atoms with van der Waals surface area (Å²) in [4.78, 5) is 38.9. The molecular formula is C26H26N4O4. The van der Waals surface area contributed by atoms with Crippen LogP contribution in [0.15, 0.2) is 57.8 Å². The SMILES string of the molecule is Cc1onc2c1c(=O)n(C1CCCC(C(N)C(=O)c3ccccc3)C1)c1cccc(C(N)=O)c21. The number of Topliss-reactive ketones (excluding diaryl/α,β-unsaturated/α-hetero) is 1. The summed E-state index contributed by atoms with van der Waals surface area (Å²) in [5, 5.41) is 4.92. The lowest BCUT2D eigenvalue weighted by molar-refractivity contribution is 0.0903. The highest BCUT2D eigenvalue weighted by Gasteiger charge is 2.33. The van der Waals surface area contributed by atoms with Crippen LogP contribution in [-0.4, -0.2) is 27.5 Å². The van der Waals surface area contributed by atoms with Gasteiger partial charge in [-0.15, -0.1) is 0 Å². The van der Waals surface area contributed by atoms with Gasteiger partial charge in [0, 0.05) is 17.0 Å². The van der Waals surface area contributed by atoms with Crippen molar-refractivity contribution in [2.45, 2.75) is 44.7 Å². The highest BCUT2D eigenvalue weighted by Crippen LogP contribution is 2.37. The van der Waals surface area contributed by atoms with Crippen molar-refractivity contribution < 1.29 is 14.1 Å². The molecule has 1 saturated carbocycles. The van der Waals surface area contributed by atoms with Gasteiger partial charge in [0.2, 0.25) is 5.91 Å². The lowest BCUT2D eigenvalue weighted by atomic mass is 9.79. The second kappa shape index (κ2) is 8.53. The molecule has 0 spiro atoms. The second-order valence-electron chi connectivity index (χ2n) is 9.04. The van der Waals surface area contributed by atoms with Crippen molar-refractivity contribution in [2.75, 3.05) is 0 Å². The topological polar surface area (TPSA) is 134 Å². The van der Waals surface area contributed by atoms with E-state index in [0.717, 1.165) is 19.3 Å². The molecule has 5 rings (SSSR count). The van der Waals surface area contributed by atoms with E-state index in [9.17, 15) is 14.4 Å². The van der Waals surface area contributed by atoms with E-state index in [1.807, 2.05) is 18.2 Å². The first-order valence-electron chi connectivity index (χ1n) is 11.5. The normalized spacial score (nSPS) is 19.4. The molecule has 8 heteroatoms. The molecule has 2 heterocycles. The van der Waals surface area contributed by atoms with Crippen molar-refractivity contribution in [3.8, 4) is 0 Å². The minimum absolute atomic E-state index is 0.0769. The largest absolute Gasteiger partial charge is 0.366 e. The molecule has 0 aliphatic heterocycles. The summed E-state index contributed by atoms with van der Waals surface area (Å²) < 4.78 is 7.06. The third kappa shape index (κ3) is 3.51. The number of ketones is 1.